The summed E-state index contributed by atoms with van der Waals surface area (Å²) in [5.74, 6) is -5.33. The maximum absolute atomic E-state index is 14.6. The van der Waals surface area contributed by atoms with Crippen LogP contribution in [0.3, 0.4) is 0 Å². The second-order valence-corrected chi connectivity index (χ2v) is 11.3. The van der Waals surface area contributed by atoms with E-state index in [2.05, 4.69) is 10.1 Å². The summed E-state index contributed by atoms with van der Waals surface area (Å²) in [6.45, 7) is 2.10. The fourth-order valence-electron chi connectivity index (χ4n) is 5.51. The van der Waals surface area contributed by atoms with Gasteiger partial charge in [-0.3, -0.25) is 19.8 Å². The molecule has 1 aliphatic heterocycles. The van der Waals surface area contributed by atoms with Crippen LogP contribution in [0.15, 0.2) is 78.9 Å². The number of benzene rings is 3. The number of nitrogens with zero attached hydrogens (tertiary/aromatic N) is 2. The lowest BCUT2D eigenvalue weighted by molar-refractivity contribution is -0.202. The summed E-state index contributed by atoms with van der Waals surface area (Å²) < 4.78 is 42.4. The van der Waals surface area contributed by atoms with E-state index in [0.29, 0.717) is 24.2 Å². The molecule has 2 amide bonds. The molecular formula is C34H36F3N5O5. The van der Waals surface area contributed by atoms with Gasteiger partial charge in [-0.1, -0.05) is 73.2 Å². The molecule has 4 N–H and O–H groups in total. The molecule has 3 aromatic carbocycles. The molecule has 47 heavy (non-hydrogen) atoms. The smallest absolute Gasteiger partial charge is 0.386 e. The lowest BCUT2D eigenvalue weighted by Crippen LogP contribution is -2.47. The topological polar surface area (TPSA) is 146 Å². The summed E-state index contributed by atoms with van der Waals surface area (Å²) in [5, 5.41) is 10.0. The zero-order chi connectivity index (χ0) is 34.1. The second-order valence-electron chi connectivity index (χ2n) is 11.3. The number of amides is 2. The van der Waals surface area contributed by atoms with Gasteiger partial charge in [0.25, 0.3) is 11.8 Å². The molecule has 13 heteroatoms. The molecule has 0 radical (unpaired) electrons. The first-order chi connectivity index (χ1) is 22.4. The molecule has 248 valence electrons. The van der Waals surface area contributed by atoms with Gasteiger partial charge in [0.1, 0.15) is 6.04 Å². The fourth-order valence-corrected chi connectivity index (χ4v) is 5.51. The molecule has 0 saturated heterocycles. The number of esters is 2. The molecule has 3 aromatic rings. The predicted octanol–water partition coefficient (Wildman–Crippen LogP) is 5.02. The molecule has 0 aliphatic carbocycles. The van der Waals surface area contributed by atoms with Crippen LogP contribution in [0.1, 0.15) is 65.7 Å². The average molecular weight is 652 g/mol. The van der Waals surface area contributed by atoms with Crippen molar-refractivity contribution in [2.75, 3.05) is 11.4 Å². The SMILES string of the molecule is CC(CC(=O)OC(=O)C(F)(F)F)N1C(=O)c2cc(CCCCCNC(=N)N)ccc2N(Cc2ccccc2)C(=O)C1c1ccccc1. The molecule has 1 aliphatic rings. The number of unbranched alkanes of at least 4 members (excludes halogenated alkanes) is 2. The Morgan fingerprint density at radius 3 is 2.26 bits per heavy atom. The van der Waals surface area contributed by atoms with E-state index in [-0.39, 0.29) is 18.1 Å². The number of alkyl halides is 3. The van der Waals surface area contributed by atoms with Gasteiger partial charge >= 0.3 is 18.1 Å². The predicted molar refractivity (Wildman–Crippen MR) is 168 cm³/mol. The Kier molecular flexibility index (Phi) is 11.4. The number of hydrogen-bond donors (Lipinski definition) is 3. The van der Waals surface area contributed by atoms with Crippen LogP contribution in [0.2, 0.25) is 0 Å². The minimum Gasteiger partial charge on any atom is -0.386 e. The van der Waals surface area contributed by atoms with Gasteiger partial charge in [0, 0.05) is 12.6 Å². The number of hydrogen-bond acceptors (Lipinski definition) is 6. The van der Waals surface area contributed by atoms with Crippen LogP contribution in [-0.4, -0.2) is 53.4 Å². The van der Waals surface area contributed by atoms with Crippen LogP contribution in [0, 0.1) is 5.41 Å². The van der Waals surface area contributed by atoms with Crippen LogP contribution in [-0.2, 0) is 32.1 Å². The monoisotopic (exact) mass is 651 g/mol. The van der Waals surface area contributed by atoms with Gasteiger partial charge in [-0.25, -0.2) is 4.79 Å². The third kappa shape index (κ3) is 8.96. The standard InChI is InChI=1S/C34H36F3N5O5/c1-22(19-28(43)47-32(46)34(35,36)37)42-29(25-14-8-3-9-15-25)31(45)41(21-24-12-5-2-6-13-24)27-17-16-23(20-26(27)30(42)44)11-7-4-10-18-40-33(38)39/h2-3,5-6,8-9,12-17,20,22,29H,4,7,10-11,18-19,21H2,1H3,(H4,38,39,40). The molecule has 0 aromatic heterocycles. The van der Waals surface area contributed by atoms with Crippen molar-refractivity contribution >= 4 is 35.4 Å². The number of nitrogens with two attached hydrogens (primary N) is 1. The van der Waals surface area contributed by atoms with E-state index in [1.165, 1.54) is 16.7 Å². The highest BCUT2D eigenvalue weighted by atomic mass is 19.4. The summed E-state index contributed by atoms with van der Waals surface area (Å²) in [5.41, 5.74) is 7.92. The molecule has 0 fully saturated rings. The van der Waals surface area contributed by atoms with E-state index in [4.69, 9.17) is 11.1 Å². The van der Waals surface area contributed by atoms with Crippen LogP contribution in [0.4, 0.5) is 18.9 Å². The van der Waals surface area contributed by atoms with Gasteiger partial charge in [-0.2, -0.15) is 13.2 Å². The Bertz CT molecular complexity index is 1600. The fraction of sp³-hybridized carbons (Fsp3) is 0.324. The first-order valence-electron chi connectivity index (χ1n) is 15.1. The van der Waals surface area contributed by atoms with Gasteiger partial charge in [-0.05, 0) is 55.0 Å². The van der Waals surface area contributed by atoms with Crippen molar-refractivity contribution in [3.05, 3.63) is 101 Å². The summed E-state index contributed by atoms with van der Waals surface area (Å²) in [4.78, 5) is 55.6. The van der Waals surface area contributed by atoms with Crippen molar-refractivity contribution in [3.63, 3.8) is 0 Å². The molecule has 2 unspecified atom stereocenters. The van der Waals surface area contributed by atoms with E-state index < -0.39 is 48.4 Å². The molecule has 4 rings (SSSR count). The number of nitrogens with one attached hydrogen (secondary N) is 2. The minimum atomic E-state index is -5.38. The Labute approximate surface area is 270 Å². The summed E-state index contributed by atoms with van der Waals surface area (Å²) in [6, 6.07) is 20.5. The number of fused-ring (bicyclic) bond motifs is 1. The highest BCUT2D eigenvalue weighted by Crippen LogP contribution is 2.38. The lowest BCUT2D eigenvalue weighted by Gasteiger charge is -2.35. The number of carbonyl (C=O) groups excluding carboxylic acids is 4. The van der Waals surface area contributed by atoms with Crippen molar-refractivity contribution in [2.45, 2.75) is 63.8 Å². The van der Waals surface area contributed by atoms with Crippen molar-refractivity contribution < 1.29 is 37.1 Å². The lowest BCUT2D eigenvalue weighted by atomic mass is 10.00. The molecule has 0 spiro atoms. The molecule has 10 nitrogen and oxygen atoms in total. The van der Waals surface area contributed by atoms with E-state index in [0.717, 1.165) is 30.4 Å². The Hall–Kier alpha value is -5.20. The average Bonchev–Trinajstić information content (AvgIpc) is 3.11. The largest absolute Gasteiger partial charge is 0.491 e. The quantitative estimate of drug-likeness (QED) is 0.0820. The Morgan fingerprint density at radius 2 is 1.62 bits per heavy atom. The number of guanidine groups is 1. The molecule has 0 saturated carbocycles. The number of anilines is 1. The van der Waals surface area contributed by atoms with Crippen LogP contribution >= 0.6 is 0 Å². The van der Waals surface area contributed by atoms with Crippen molar-refractivity contribution in [3.8, 4) is 0 Å². The van der Waals surface area contributed by atoms with E-state index in [1.807, 2.05) is 36.4 Å². The number of aryl methyl sites for hydroxylation is 1. The van der Waals surface area contributed by atoms with Crippen molar-refractivity contribution in [2.24, 2.45) is 5.73 Å². The third-order valence-corrected chi connectivity index (χ3v) is 7.73. The van der Waals surface area contributed by atoms with Gasteiger partial charge in [0.05, 0.1) is 24.2 Å². The summed E-state index contributed by atoms with van der Waals surface area (Å²) in [7, 11) is 0. The number of carbonyl (C=O) groups is 4. The van der Waals surface area contributed by atoms with E-state index in [9.17, 15) is 32.3 Å². The van der Waals surface area contributed by atoms with Crippen LogP contribution in [0.25, 0.3) is 0 Å². The number of ether oxygens (including phenoxy) is 1. The third-order valence-electron chi connectivity index (χ3n) is 7.73. The number of halogens is 3. The highest BCUT2D eigenvalue weighted by Gasteiger charge is 2.45. The van der Waals surface area contributed by atoms with Crippen LogP contribution in [0.5, 0.6) is 0 Å². The van der Waals surface area contributed by atoms with E-state index >= 15 is 0 Å². The second kappa shape index (κ2) is 15.4. The maximum atomic E-state index is 14.6. The zero-order valence-corrected chi connectivity index (χ0v) is 25.8. The Morgan fingerprint density at radius 1 is 0.957 bits per heavy atom. The van der Waals surface area contributed by atoms with Crippen LogP contribution < -0.4 is 16.0 Å². The molecule has 1 heterocycles. The number of rotatable bonds is 12. The van der Waals surface area contributed by atoms with E-state index in [1.54, 1.807) is 42.5 Å². The molecule has 2 atom stereocenters. The van der Waals surface area contributed by atoms with Gasteiger partial charge in [0.15, 0.2) is 5.96 Å². The highest BCUT2D eigenvalue weighted by molar-refractivity contribution is 6.11. The zero-order valence-electron chi connectivity index (χ0n) is 25.8. The summed E-state index contributed by atoms with van der Waals surface area (Å²) >= 11 is 0. The normalized spacial score (nSPS) is 15.4. The first-order valence-corrected chi connectivity index (χ1v) is 15.1. The van der Waals surface area contributed by atoms with Gasteiger partial charge in [0.2, 0.25) is 0 Å². The maximum Gasteiger partial charge on any atom is 0.491 e. The minimum absolute atomic E-state index is 0.100. The molecule has 0 bridgehead atoms. The first kappa shape index (κ1) is 34.7. The van der Waals surface area contributed by atoms with Crippen molar-refractivity contribution in [1.82, 2.24) is 10.2 Å². The molecular weight excluding hydrogens is 615 g/mol. The van der Waals surface area contributed by atoms with Crippen molar-refractivity contribution in [1.29, 1.82) is 5.41 Å². The van der Waals surface area contributed by atoms with Gasteiger partial charge in [-0.15, -0.1) is 0 Å². The Balaban J connectivity index is 1.73. The summed E-state index contributed by atoms with van der Waals surface area (Å²) in [6.07, 6.45) is -3.17. The van der Waals surface area contributed by atoms with Gasteiger partial charge < -0.3 is 25.6 Å².